The van der Waals surface area contributed by atoms with Crippen molar-refractivity contribution < 1.29 is 4.79 Å². The third-order valence-corrected chi connectivity index (χ3v) is 3.91. The van der Waals surface area contributed by atoms with Crippen LogP contribution in [0, 0.1) is 6.92 Å². The summed E-state index contributed by atoms with van der Waals surface area (Å²) in [5.41, 5.74) is 3.59. The van der Waals surface area contributed by atoms with Crippen LogP contribution in [0.3, 0.4) is 0 Å². The van der Waals surface area contributed by atoms with E-state index in [1.807, 2.05) is 49.4 Å². The lowest BCUT2D eigenvalue weighted by Crippen LogP contribution is -2.21. The zero-order valence-corrected chi connectivity index (χ0v) is 14.4. The van der Waals surface area contributed by atoms with Crippen molar-refractivity contribution in [2.75, 3.05) is 5.32 Å². The van der Waals surface area contributed by atoms with Gasteiger partial charge in [0.15, 0.2) is 0 Å². The third-order valence-electron chi connectivity index (χ3n) is 3.42. The second-order valence-corrected chi connectivity index (χ2v) is 7.12. The van der Waals surface area contributed by atoms with E-state index in [9.17, 15) is 4.79 Å². The molecule has 0 radical (unpaired) electrons. The Morgan fingerprint density at radius 3 is 2.38 bits per heavy atom. The number of anilines is 1. The molecule has 0 heterocycles. The average Bonchev–Trinajstić information content (AvgIpc) is 2.41. The average molecular weight is 346 g/mol. The predicted molar refractivity (Wildman–Crippen MR) is 92.0 cm³/mol. The van der Waals surface area contributed by atoms with E-state index in [-0.39, 0.29) is 11.3 Å². The number of nitrogens with one attached hydrogen (secondary N) is 1. The highest BCUT2D eigenvalue weighted by atomic mass is 79.9. The summed E-state index contributed by atoms with van der Waals surface area (Å²) in [6.07, 6.45) is 0. The van der Waals surface area contributed by atoms with Gasteiger partial charge in [0.25, 0.3) is 5.91 Å². The lowest BCUT2D eigenvalue weighted by atomic mass is 9.83. The van der Waals surface area contributed by atoms with Crippen LogP contribution in [-0.2, 0) is 5.41 Å². The van der Waals surface area contributed by atoms with Crippen LogP contribution < -0.4 is 5.32 Å². The molecular weight excluding hydrogens is 326 g/mol. The van der Waals surface area contributed by atoms with Crippen molar-refractivity contribution in [1.29, 1.82) is 0 Å². The van der Waals surface area contributed by atoms with Gasteiger partial charge in [-0.2, -0.15) is 0 Å². The molecule has 2 aromatic rings. The van der Waals surface area contributed by atoms with Gasteiger partial charge in [0.2, 0.25) is 0 Å². The molecule has 2 nitrogen and oxygen atoms in total. The van der Waals surface area contributed by atoms with Crippen LogP contribution in [0.15, 0.2) is 46.9 Å². The van der Waals surface area contributed by atoms with Gasteiger partial charge in [-0.3, -0.25) is 4.79 Å². The first kappa shape index (κ1) is 15.8. The van der Waals surface area contributed by atoms with E-state index >= 15 is 0 Å². The van der Waals surface area contributed by atoms with E-state index in [0.29, 0.717) is 0 Å². The molecule has 0 unspecified atom stereocenters. The van der Waals surface area contributed by atoms with Crippen molar-refractivity contribution in [3.8, 4) is 0 Å². The summed E-state index contributed by atoms with van der Waals surface area (Å²) in [5, 5.41) is 3.01. The second-order valence-electron chi connectivity index (χ2n) is 6.21. The number of halogens is 1. The zero-order valence-electron chi connectivity index (χ0n) is 12.8. The molecule has 0 aliphatic rings. The Kier molecular flexibility index (Phi) is 4.52. The Bertz CT molecular complexity index is 671. The summed E-state index contributed by atoms with van der Waals surface area (Å²) in [6, 6.07) is 13.6. The first-order chi connectivity index (χ1) is 9.79. The van der Waals surface area contributed by atoms with Gasteiger partial charge >= 0.3 is 0 Å². The molecule has 0 aliphatic carbocycles. The van der Waals surface area contributed by atoms with Crippen LogP contribution in [0.5, 0.6) is 0 Å². The van der Waals surface area contributed by atoms with Crippen LogP contribution >= 0.6 is 15.9 Å². The largest absolute Gasteiger partial charge is 0.322 e. The van der Waals surface area contributed by atoms with Gasteiger partial charge in [0.1, 0.15) is 0 Å². The summed E-state index contributed by atoms with van der Waals surface area (Å²) in [5.74, 6) is -0.0639. The normalized spacial score (nSPS) is 11.3. The van der Waals surface area contributed by atoms with Crippen LogP contribution in [0.1, 0.15) is 42.3 Å². The predicted octanol–water partition coefficient (Wildman–Crippen LogP) is 5.31. The molecule has 21 heavy (non-hydrogen) atoms. The van der Waals surface area contributed by atoms with Crippen LogP contribution in [0.2, 0.25) is 0 Å². The number of aryl methyl sites for hydroxylation is 1. The Morgan fingerprint density at radius 1 is 1.10 bits per heavy atom. The molecule has 0 saturated carbocycles. The van der Waals surface area contributed by atoms with Crippen molar-refractivity contribution >= 4 is 27.5 Å². The minimum Gasteiger partial charge on any atom is -0.322 e. The minimum absolute atomic E-state index is 0.0639. The maximum Gasteiger partial charge on any atom is 0.255 e. The first-order valence-corrected chi connectivity index (χ1v) is 7.75. The van der Waals surface area contributed by atoms with E-state index < -0.39 is 0 Å². The minimum atomic E-state index is -0.0668. The molecule has 0 atom stereocenters. The molecule has 3 heteroatoms. The molecule has 0 bridgehead atoms. The van der Waals surface area contributed by atoms with E-state index in [1.165, 1.54) is 0 Å². The lowest BCUT2D eigenvalue weighted by Gasteiger charge is -2.22. The summed E-state index contributed by atoms with van der Waals surface area (Å²) in [4.78, 5) is 12.6. The maximum absolute atomic E-state index is 12.6. The smallest absolute Gasteiger partial charge is 0.255 e. The highest BCUT2D eigenvalue weighted by Crippen LogP contribution is 2.27. The SMILES string of the molecule is Cc1cc(Br)ccc1NC(=O)c1ccccc1C(C)(C)C. The Morgan fingerprint density at radius 2 is 1.76 bits per heavy atom. The topological polar surface area (TPSA) is 29.1 Å². The number of hydrogen-bond acceptors (Lipinski definition) is 1. The molecular formula is C18H20BrNO. The Labute approximate surface area is 134 Å². The van der Waals surface area contributed by atoms with Crippen LogP contribution in [0.25, 0.3) is 0 Å². The maximum atomic E-state index is 12.6. The molecule has 0 spiro atoms. The number of benzene rings is 2. The van der Waals surface area contributed by atoms with Crippen molar-refractivity contribution in [3.05, 3.63) is 63.6 Å². The first-order valence-electron chi connectivity index (χ1n) is 6.96. The fourth-order valence-corrected chi connectivity index (χ4v) is 2.77. The molecule has 2 aromatic carbocycles. The molecule has 110 valence electrons. The van der Waals surface area contributed by atoms with Gasteiger partial charge in [-0.15, -0.1) is 0 Å². The fourth-order valence-electron chi connectivity index (χ4n) is 2.29. The van der Waals surface area contributed by atoms with Crippen molar-refractivity contribution in [2.24, 2.45) is 0 Å². The summed E-state index contributed by atoms with van der Waals surface area (Å²) >= 11 is 3.43. The number of hydrogen-bond donors (Lipinski definition) is 1. The quantitative estimate of drug-likeness (QED) is 0.785. The fraction of sp³-hybridized carbons (Fsp3) is 0.278. The van der Waals surface area contributed by atoms with E-state index in [4.69, 9.17) is 0 Å². The van der Waals surface area contributed by atoms with Gasteiger partial charge in [0, 0.05) is 15.7 Å². The number of carbonyl (C=O) groups is 1. The monoisotopic (exact) mass is 345 g/mol. The lowest BCUT2D eigenvalue weighted by molar-refractivity contribution is 0.102. The zero-order chi connectivity index (χ0) is 15.6. The second kappa shape index (κ2) is 6.02. The molecule has 1 amide bonds. The molecule has 0 aliphatic heterocycles. The summed E-state index contributed by atoms with van der Waals surface area (Å²) < 4.78 is 1.01. The Hall–Kier alpha value is -1.61. The number of amides is 1. The molecule has 0 saturated heterocycles. The van der Waals surface area contributed by atoms with Crippen LogP contribution in [-0.4, -0.2) is 5.91 Å². The van der Waals surface area contributed by atoms with Crippen molar-refractivity contribution in [2.45, 2.75) is 33.1 Å². The van der Waals surface area contributed by atoms with E-state index in [1.54, 1.807) is 0 Å². The van der Waals surface area contributed by atoms with Gasteiger partial charge in [-0.25, -0.2) is 0 Å². The van der Waals surface area contributed by atoms with E-state index in [2.05, 4.69) is 42.0 Å². The standard InChI is InChI=1S/C18H20BrNO/c1-12-11-13(19)9-10-16(12)20-17(21)14-7-5-6-8-15(14)18(2,3)4/h5-11H,1-4H3,(H,20,21). The molecule has 2 rings (SSSR count). The van der Waals surface area contributed by atoms with Gasteiger partial charge in [-0.05, 0) is 47.7 Å². The van der Waals surface area contributed by atoms with Crippen molar-refractivity contribution in [1.82, 2.24) is 0 Å². The summed E-state index contributed by atoms with van der Waals surface area (Å²) in [7, 11) is 0. The molecule has 0 fully saturated rings. The Balaban J connectivity index is 2.33. The molecule has 0 aromatic heterocycles. The number of carbonyl (C=O) groups excluding carboxylic acids is 1. The van der Waals surface area contributed by atoms with E-state index in [0.717, 1.165) is 26.9 Å². The van der Waals surface area contributed by atoms with Crippen molar-refractivity contribution in [3.63, 3.8) is 0 Å². The van der Waals surface area contributed by atoms with Gasteiger partial charge < -0.3 is 5.32 Å². The highest BCUT2D eigenvalue weighted by molar-refractivity contribution is 9.10. The number of rotatable bonds is 2. The van der Waals surface area contributed by atoms with Gasteiger partial charge in [-0.1, -0.05) is 54.9 Å². The van der Waals surface area contributed by atoms with Crippen LogP contribution in [0.4, 0.5) is 5.69 Å². The summed E-state index contributed by atoms with van der Waals surface area (Å²) in [6.45, 7) is 8.33. The third kappa shape index (κ3) is 3.73. The molecule has 1 N–H and O–H groups in total. The highest BCUT2D eigenvalue weighted by Gasteiger charge is 2.21. The van der Waals surface area contributed by atoms with Gasteiger partial charge in [0.05, 0.1) is 0 Å².